The third-order valence-corrected chi connectivity index (χ3v) is 2.75. The highest BCUT2D eigenvalue weighted by molar-refractivity contribution is 5.81. The minimum atomic E-state index is 0.117. The van der Waals surface area contributed by atoms with Gasteiger partial charge in [0.2, 0.25) is 0 Å². The summed E-state index contributed by atoms with van der Waals surface area (Å²) in [5, 5.41) is 13.7. The van der Waals surface area contributed by atoms with Gasteiger partial charge in [0.1, 0.15) is 0 Å². The van der Waals surface area contributed by atoms with Gasteiger partial charge in [-0.2, -0.15) is 5.10 Å². The molecule has 0 atom stereocenters. The number of hydrogen-bond donors (Lipinski definition) is 2. The number of aromatic hydroxyl groups is 1. The summed E-state index contributed by atoms with van der Waals surface area (Å²) in [6.45, 7) is 2.02. The topological polar surface area (TPSA) is 53.8 Å². The van der Waals surface area contributed by atoms with Crippen molar-refractivity contribution in [3.63, 3.8) is 0 Å². The van der Waals surface area contributed by atoms with Gasteiger partial charge in [0.15, 0.2) is 11.5 Å². The summed E-state index contributed by atoms with van der Waals surface area (Å²) in [6.07, 6.45) is 1.68. The Kier molecular flexibility index (Phi) is 4.03. The smallest absolute Gasteiger partial charge is 0.161 e. The zero-order chi connectivity index (χ0) is 13.7. The summed E-state index contributed by atoms with van der Waals surface area (Å²) in [5.74, 6) is 0.548. The van der Waals surface area contributed by atoms with Gasteiger partial charge in [-0.05, 0) is 42.3 Å². The lowest BCUT2D eigenvalue weighted by Crippen LogP contribution is -1.93. The lowest BCUT2D eigenvalue weighted by atomic mass is 10.2. The van der Waals surface area contributed by atoms with Gasteiger partial charge in [-0.3, -0.25) is 5.43 Å². The van der Waals surface area contributed by atoms with E-state index in [0.717, 1.165) is 16.8 Å². The normalized spacial score (nSPS) is 10.6. The van der Waals surface area contributed by atoms with E-state index in [9.17, 15) is 5.11 Å². The molecule has 0 aliphatic rings. The Morgan fingerprint density at radius 2 is 2.00 bits per heavy atom. The molecule has 98 valence electrons. The van der Waals surface area contributed by atoms with E-state index < -0.39 is 0 Å². The Labute approximate surface area is 112 Å². The van der Waals surface area contributed by atoms with Crippen LogP contribution in [-0.2, 0) is 0 Å². The van der Waals surface area contributed by atoms with Crippen LogP contribution in [0.25, 0.3) is 0 Å². The number of hydrogen-bond acceptors (Lipinski definition) is 4. The number of hydrazone groups is 1. The number of benzene rings is 2. The molecule has 2 aromatic carbocycles. The Bertz CT molecular complexity index is 594. The standard InChI is InChI=1S/C15H16N2O2/c1-11-5-3-4-6-13(11)17-16-10-12-7-8-14(18)15(9-12)19-2/h3-10,17-18H,1-2H3/b16-10+. The minimum absolute atomic E-state index is 0.117. The number of ether oxygens (including phenoxy) is 1. The molecule has 19 heavy (non-hydrogen) atoms. The zero-order valence-electron chi connectivity index (χ0n) is 10.9. The van der Waals surface area contributed by atoms with Gasteiger partial charge in [0.05, 0.1) is 19.0 Å². The van der Waals surface area contributed by atoms with Crippen molar-refractivity contribution in [2.45, 2.75) is 6.92 Å². The number of phenolic OH excluding ortho intramolecular Hbond substituents is 1. The van der Waals surface area contributed by atoms with Crippen LogP contribution in [-0.4, -0.2) is 18.4 Å². The fourth-order valence-corrected chi connectivity index (χ4v) is 1.65. The lowest BCUT2D eigenvalue weighted by Gasteiger charge is -2.05. The Morgan fingerprint density at radius 3 is 2.74 bits per heavy atom. The van der Waals surface area contributed by atoms with Crippen LogP contribution in [0, 0.1) is 6.92 Å². The second-order valence-electron chi connectivity index (χ2n) is 4.12. The average molecular weight is 256 g/mol. The van der Waals surface area contributed by atoms with Crippen LogP contribution in [0.5, 0.6) is 11.5 Å². The predicted molar refractivity (Wildman–Crippen MR) is 77.1 cm³/mol. The van der Waals surface area contributed by atoms with Crippen LogP contribution < -0.4 is 10.2 Å². The second-order valence-corrected chi connectivity index (χ2v) is 4.12. The zero-order valence-corrected chi connectivity index (χ0v) is 10.9. The first-order chi connectivity index (χ1) is 9.20. The minimum Gasteiger partial charge on any atom is -0.504 e. The fourth-order valence-electron chi connectivity index (χ4n) is 1.65. The Balaban J connectivity index is 2.09. The summed E-state index contributed by atoms with van der Waals surface area (Å²) >= 11 is 0. The van der Waals surface area contributed by atoms with Gasteiger partial charge in [0, 0.05) is 0 Å². The molecule has 0 saturated carbocycles. The number of nitrogens with one attached hydrogen (secondary N) is 1. The van der Waals surface area contributed by atoms with Gasteiger partial charge in [-0.1, -0.05) is 18.2 Å². The first-order valence-corrected chi connectivity index (χ1v) is 5.92. The molecule has 0 fully saturated rings. The molecule has 4 heteroatoms. The Hall–Kier alpha value is -2.49. The molecule has 0 unspecified atom stereocenters. The molecule has 0 aliphatic heterocycles. The first-order valence-electron chi connectivity index (χ1n) is 5.92. The van der Waals surface area contributed by atoms with Gasteiger partial charge >= 0.3 is 0 Å². The highest BCUT2D eigenvalue weighted by atomic mass is 16.5. The molecule has 0 aliphatic carbocycles. The van der Waals surface area contributed by atoms with E-state index in [1.807, 2.05) is 31.2 Å². The summed E-state index contributed by atoms with van der Waals surface area (Å²) in [7, 11) is 1.52. The highest BCUT2D eigenvalue weighted by Crippen LogP contribution is 2.25. The van der Waals surface area contributed by atoms with E-state index in [2.05, 4.69) is 10.5 Å². The van der Waals surface area contributed by atoms with Crippen molar-refractivity contribution >= 4 is 11.9 Å². The van der Waals surface area contributed by atoms with Crippen molar-refractivity contribution in [2.75, 3.05) is 12.5 Å². The molecule has 2 rings (SSSR count). The highest BCUT2D eigenvalue weighted by Gasteiger charge is 2.00. The van der Waals surface area contributed by atoms with Crippen LogP contribution in [0.3, 0.4) is 0 Å². The second kappa shape index (κ2) is 5.91. The predicted octanol–water partition coefficient (Wildman–Crippen LogP) is 3.16. The fraction of sp³-hybridized carbons (Fsp3) is 0.133. The maximum absolute atomic E-state index is 9.49. The van der Waals surface area contributed by atoms with Crippen molar-refractivity contribution in [3.8, 4) is 11.5 Å². The summed E-state index contributed by atoms with van der Waals surface area (Å²) < 4.78 is 5.04. The molecule has 0 saturated heterocycles. The van der Waals surface area contributed by atoms with E-state index in [1.54, 1.807) is 24.4 Å². The Morgan fingerprint density at radius 1 is 1.21 bits per heavy atom. The van der Waals surface area contributed by atoms with Crippen LogP contribution in [0.15, 0.2) is 47.6 Å². The van der Waals surface area contributed by atoms with Crippen LogP contribution in [0.1, 0.15) is 11.1 Å². The van der Waals surface area contributed by atoms with Gasteiger partial charge < -0.3 is 9.84 Å². The monoisotopic (exact) mass is 256 g/mol. The SMILES string of the molecule is COc1cc(/C=N/Nc2ccccc2C)ccc1O. The molecule has 0 aromatic heterocycles. The molecule has 0 amide bonds. The molecule has 0 bridgehead atoms. The molecule has 0 heterocycles. The summed E-state index contributed by atoms with van der Waals surface area (Å²) in [6, 6.07) is 13.0. The summed E-state index contributed by atoms with van der Waals surface area (Å²) in [4.78, 5) is 0. The van der Waals surface area contributed by atoms with Gasteiger partial charge in [-0.25, -0.2) is 0 Å². The molecule has 2 aromatic rings. The third kappa shape index (κ3) is 3.25. The van der Waals surface area contributed by atoms with Gasteiger partial charge in [-0.15, -0.1) is 0 Å². The maximum atomic E-state index is 9.49. The quantitative estimate of drug-likeness (QED) is 0.652. The average Bonchev–Trinajstić information content (AvgIpc) is 2.43. The van der Waals surface area contributed by atoms with Crippen molar-refractivity contribution in [1.82, 2.24) is 0 Å². The van der Waals surface area contributed by atoms with Crippen molar-refractivity contribution in [3.05, 3.63) is 53.6 Å². The van der Waals surface area contributed by atoms with Crippen LogP contribution in [0.2, 0.25) is 0 Å². The number of phenols is 1. The molecular weight excluding hydrogens is 240 g/mol. The van der Waals surface area contributed by atoms with Crippen molar-refractivity contribution in [1.29, 1.82) is 0 Å². The van der Waals surface area contributed by atoms with Crippen LogP contribution >= 0.6 is 0 Å². The molecule has 0 spiro atoms. The number of anilines is 1. The van der Waals surface area contributed by atoms with E-state index in [0.29, 0.717) is 5.75 Å². The molecule has 2 N–H and O–H groups in total. The number of nitrogens with zero attached hydrogens (tertiary/aromatic N) is 1. The number of aryl methyl sites for hydroxylation is 1. The molecule has 4 nitrogen and oxygen atoms in total. The van der Waals surface area contributed by atoms with E-state index in [-0.39, 0.29) is 5.75 Å². The molecule has 0 radical (unpaired) electrons. The van der Waals surface area contributed by atoms with E-state index in [1.165, 1.54) is 7.11 Å². The van der Waals surface area contributed by atoms with Crippen molar-refractivity contribution in [2.24, 2.45) is 5.10 Å². The number of rotatable bonds is 4. The van der Waals surface area contributed by atoms with Crippen LogP contribution in [0.4, 0.5) is 5.69 Å². The summed E-state index contributed by atoms with van der Waals surface area (Å²) in [5.41, 5.74) is 5.91. The van der Waals surface area contributed by atoms with E-state index in [4.69, 9.17) is 4.74 Å². The third-order valence-electron chi connectivity index (χ3n) is 2.75. The van der Waals surface area contributed by atoms with Crippen molar-refractivity contribution < 1.29 is 9.84 Å². The molecular formula is C15H16N2O2. The number of para-hydroxylation sites is 1. The maximum Gasteiger partial charge on any atom is 0.161 e. The lowest BCUT2D eigenvalue weighted by molar-refractivity contribution is 0.373. The van der Waals surface area contributed by atoms with Gasteiger partial charge in [0.25, 0.3) is 0 Å². The largest absolute Gasteiger partial charge is 0.504 e. The number of methoxy groups -OCH3 is 1. The first kappa shape index (κ1) is 13.0. The van der Waals surface area contributed by atoms with E-state index >= 15 is 0 Å².